The molecule has 0 N–H and O–H groups in total. The lowest BCUT2D eigenvalue weighted by Crippen LogP contribution is -2.52. The van der Waals surface area contributed by atoms with Crippen LogP contribution in [0.5, 0.6) is 0 Å². The molecule has 3 heterocycles. The van der Waals surface area contributed by atoms with E-state index in [0.717, 1.165) is 25.1 Å². The Morgan fingerprint density at radius 2 is 2.07 bits per heavy atom. The van der Waals surface area contributed by atoms with E-state index in [4.69, 9.17) is 9.47 Å². The predicted molar refractivity (Wildman–Crippen MR) is 95.2 cm³/mol. The summed E-state index contributed by atoms with van der Waals surface area (Å²) >= 11 is 0. The van der Waals surface area contributed by atoms with Gasteiger partial charge in [-0.15, -0.1) is 0 Å². The van der Waals surface area contributed by atoms with Gasteiger partial charge in [0.2, 0.25) is 5.91 Å². The lowest BCUT2D eigenvalue weighted by Gasteiger charge is -2.39. The van der Waals surface area contributed by atoms with Crippen molar-refractivity contribution in [2.24, 2.45) is 0 Å². The van der Waals surface area contributed by atoms with Crippen LogP contribution in [0.3, 0.4) is 0 Å². The smallest absolute Gasteiger partial charge is 0.302 e. The first kappa shape index (κ1) is 19.7. The summed E-state index contributed by atoms with van der Waals surface area (Å²) in [5.74, 6) is -0.696. The Morgan fingerprint density at radius 1 is 1.30 bits per heavy atom. The van der Waals surface area contributed by atoms with E-state index in [2.05, 4.69) is 9.88 Å². The van der Waals surface area contributed by atoms with Gasteiger partial charge in [0.05, 0.1) is 30.6 Å². The zero-order chi connectivity index (χ0) is 19.3. The molecule has 2 saturated heterocycles. The van der Waals surface area contributed by atoms with Crippen LogP contribution in [0, 0.1) is 5.82 Å². The van der Waals surface area contributed by atoms with Gasteiger partial charge in [0.25, 0.3) is 0 Å². The maximum absolute atomic E-state index is 13.1. The molecule has 1 amide bonds. The molecule has 1 atom stereocenters. The fourth-order valence-corrected chi connectivity index (χ4v) is 3.79. The number of pyridine rings is 1. The number of hydrogen-bond donors (Lipinski definition) is 0. The third kappa shape index (κ3) is 5.01. The molecule has 148 valence electrons. The van der Waals surface area contributed by atoms with Crippen LogP contribution < -0.4 is 0 Å². The average Bonchev–Trinajstić information content (AvgIpc) is 3.05. The number of carbonyl (C=O) groups excluding carboxylic acids is 2. The molecule has 2 fully saturated rings. The number of esters is 1. The SMILES string of the molecule is CC(=O)OCC1(CC(=O)N2CCOCC2)CCCN1Cc1ccc(F)cn1. The topological polar surface area (TPSA) is 72.0 Å². The molecule has 2 aliphatic heterocycles. The molecule has 3 rings (SSSR count). The summed E-state index contributed by atoms with van der Waals surface area (Å²) in [7, 11) is 0. The number of rotatable bonds is 6. The van der Waals surface area contributed by atoms with Crippen LogP contribution in [0.15, 0.2) is 18.3 Å². The Kier molecular flexibility index (Phi) is 6.38. The minimum atomic E-state index is -0.558. The highest BCUT2D eigenvalue weighted by molar-refractivity contribution is 5.77. The lowest BCUT2D eigenvalue weighted by molar-refractivity contribution is -0.149. The van der Waals surface area contributed by atoms with Crippen LogP contribution in [-0.2, 0) is 25.6 Å². The minimum Gasteiger partial charge on any atom is -0.464 e. The van der Waals surface area contributed by atoms with Crippen molar-refractivity contribution in [1.82, 2.24) is 14.8 Å². The van der Waals surface area contributed by atoms with Gasteiger partial charge in [-0.25, -0.2) is 4.39 Å². The molecule has 7 nitrogen and oxygen atoms in total. The Bertz CT molecular complexity index is 663. The van der Waals surface area contributed by atoms with Crippen LogP contribution in [0.25, 0.3) is 0 Å². The van der Waals surface area contributed by atoms with Gasteiger partial charge in [-0.2, -0.15) is 0 Å². The van der Waals surface area contributed by atoms with E-state index in [1.165, 1.54) is 19.2 Å². The lowest BCUT2D eigenvalue weighted by atomic mass is 9.91. The van der Waals surface area contributed by atoms with E-state index in [0.29, 0.717) is 32.8 Å². The Hall–Kier alpha value is -2.06. The molecule has 0 aliphatic carbocycles. The molecule has 27 heavy (non-hydrogen) atoms. The number of morpholine rings is 1. The molecule has 1 unspecified atom stereocenters. The monoisotopic (exact) mass is 379 g/mol. The largest absolute Gasteiger partial charge is 0.464 e. The van der Waals surface area contributed by atoms with Crippen molar-refractivity contribution in [1.29, 1.82) is 0 Å². The second-order valence-electron chi connectivity index (χ2n) is 7.17. The normalized spacial score (nSPS) is 23.4. The van der Waals surface area contributed by atoms with Crippen molar-refractivity contribution in [3.63, 3.8) is 0 Å². The maximum atomic E-state index is 13.1. The van der Waals surface area contributed by atoms with Gasteiger partial charge in [-0.05, 0) is 31.5 Å². The third-order valence-corrected chi connectivity index (χ3v) is 5.27. The van der Waals surface area contributed by atoms with Crippen molar-refractivity contribution in [3.05, 3.63) is 29.8 Å². The number of hydrogen-bond acceptors (Lipinski definition) is 6. The van der Waals surface area contributed by atoms with Crippen molar-refractivity contribution >= 4 is 11.9 Å². The van der Waals surface area contributed by atoms with Crippen molar-refractivity contribution < 1.29 is 23.5 Å². The highest BCUT2D eigenvalue weighted by Crippen LogP contribution is 2.35. The first-order valence-electron chi connectivity index (χ1n) is 9.33. The van der Waals surface area contributed by atoms with E-state index in [9.17, 15) is 14.0 Å². The summed E-state index contributed by atoms with van der Waals surface area (Å²) < 4.78 is 23.8. The fourth-order valence-electron chi connectivity index (χ4n) is 3.79. The minimum absolute atomic E-state index is 0.0458. The van der Waals surface area contributed by atoms with Gasteiger partial charge in [-0.1, -0.05) is 0 Å². The standard InChI is InChI=1S/C19H26FN3O4/c1-15(24)27-14-19(11-18(25)22-7-9-26-10-8-22)5-2-6-23(19)13-17-4-3-16(20)12-21-17/h3-4,12H,2,5-11,13-14H2,1H3. The summed E-state index contributed by atoms with van der Waals surface area (Å²) in [6.07, 6.45) is 3.13. The van der Waals surface area contributed by atoms with Gasteiger partial charge in [-0.3, -0.25) is 19.5 Å². The summed E-state index contributed by atoms with van der Waals surface area (Å²) in [5, 5.41) is 0. The number of nitrogens with zero attached hydrogens (tertiary/aromatic N) is 3. The van der Waals surface area contributed by atoms with Crippen LogP contribution >= 0.6 is 0 Å². The van der Waals surface area contributed by atoms with Gasteiger partial charge < -0.3 is 14.4 Å². The number of likely N-dealkylation sites (tertiary alicyclic amines) is 1. The van der Waals surface area contributed by atoms with Crippen LogP contribution in [0.4, 0.5) is 4.39 Å². The molecule has 1 aromatic rings. The first-order valence-corrected chi connectivity index (χ1v) is 9.33. The number of ether oxygens (including phenoxy) is 2. The number of carbonyl (C=O) groups is 2. The van der Waals surface area contributed by atoms with E-state index in [1.54, 1.807) is 6.07 Å². The molecule has 0 saturated carbocycles. The quantitative estimate of drug-likeness (QED) is 0.695. The Morgan fingerprint density at radius 3 is 2.74 bits per heavy atom. The molecule has 0 radical (unpaired) electrons. The van der Waals surface area contributed by atoms with Crippen molar-refractivity contribution in [3.8, 4) is 0 Å². The summed E-state index contributed by atoms with van der Waals surface area (Å²) in [4.78, 5) is 32.4. The maximum Gasteiger partial charge on any atom is 0.302 e. The highest BCUT2D eigenvalue weighted by atomic mass is 19.1. The van der Waals surface area contributed by atoms with Gasteiger partial charge in [0.15, 0.2) is 0 Å². The van der Waals surface area contributed by atoms with Crippen molar-refractivity contribution in [2.45, 2.75) is 38.3 Å². The van der Waals surface area contributed by atoms with Crippen LogP contribution in [0.1, 0.15) is 31.9 Å². The molecular formula is C19H26FN3O4. The third-order valence-electron chi connectivity index (χ3n) is 5.27. The molecule has 8 heteroatoms. The van der Waals surface area contributed by atoms with Crippen LogP contribution in [0.2, 0.25) is 0 Å². The summed E-state index contributed by atoms with van der Waals surface area (Å²) in [6, 6.07) is 3.03. The van der Waals surface area contributed by atoms with Gasteiger partial charge >= 0.3 is 5.97 Å². The fraction of sp³-hybridized carbons (Fsp3) is 0.632. The second kappa shape index (κ2) is 8.75. The summed E-state index contributed by atoms with van der Waals surface area (Å²) in [6.45, 7) is 5.06. The van der Waals surface area contributed by atoms with E-state index in [1.807, 2.05) is 4.90 Å². The average molecular weight is 379 g/mol. The summed E-state index contributed by atoms with van der Waals surface area (Å²) in [5.41, 5.74) is 0.168. The van der Waals surface area contributed by atoms with Gasteiger partial charge in [0.1, 0.15) is 12.4 Å². The molecular weight excluding hydrogens is 353 g/mol. The molecule has 2 aliphatic rings. The highest BCUT2D eigenvalue weighted by Gasteiger charge is 2.44. The first-order chi connectivity index (χ1) is 13.0. The van der Waals surface area contributed by atoms with E-state index < -0.39 is 5.54 Å². The predicted octanol–water partition coefficient (Wildman–Crippen LogP) is 1.37. The molecule has 1 aromatic heterocycles. The molecule has 0 bridgehead atoms. The molecule has 0 aromatic carbocycles. The zero-order valence-corrected chi connectivity index (χ0v) is 15.7. The van der Waals surface area contributed by atoms with E-state index in [-0.39, 0.29) is 30.7 Å². The van der Waals surface area contributed by atoms with Gasteiger partial charge in [0, 0.05) is 33.0 Å². The second-order valence-corrected chi connectivity index (χ2v) is 7.17. The van der Waals surface area contributed by atoms with E-state index >= 15 is 0 Å². The Labute approximate surface area is 158 Å². The number of halogens is 1. The number of aromatic nitrogens is 1. The van der Waals surface area contributed by atoms with Crippen molar-refractivity contribution in [2.75, 3.05) is 39.5 Å². The Balaban J connectivity index is 1.75. The number of amides is 1. The zero-order valence-electron chi connectivity index (χ0n) is 15.7. The molecule has 0 spiro atoms. The van der Waals surface area contributed by atoms with Crippen LogP contribution in [-0.4, -0.2) is 71.7 Å².